The molecule has 1 saturated heterocycles. The maximum absolute atomic E-state index is 13.3. The summed E-state index contributed by atoms with van der Waals surface area (Å²) < 4.78 is 25.3. The molecule has 3 heterocycles. The molecule has 0 bridgehead atoms. The lowest BCUT2D eigenvalue weighted by atomic mass is 9.97. The average Bonchev–Trinajstić information content (AvgIpc) is 3.65. The number of nitrogens with zero attached hydrogens (tertiary/aromatic N) is 1. The van der Waals surface area contributed by atoms with Gasteiger partial charge in [-0.15, -0.1) is 0 Å². The van der Waals surface area contributed by atoms with Crippen LogP contribution in [0.25, 0.3) is 32.6 Å². The second-order valence-corrected chi connectivity index (χ2v) is 11.4. The lowest BCUT2D eigenvalue weighted by Gasteiger charge is -2.21. The predicted octanol–water partition coefficient (Wildman–Crippen LogP) is 6.28. The summed E-state index contributed by atoms with van der Waals surface area (Å²) in [5, 5.41) is 3.95. The Morgan fingerprint density at radius 2 is 1.48 bits per heavy atom. The van der Waals surface area contributed by atoms with Crippen LogP contribution in [-0.2, 0) is 19.0 Å². The number of hydrogen-bond donors (Lipinski definition) is 1. The molecular weight excluding hydrogens is 584 g/mol. The monoisotopic (exact) mass is 615 g/mol. The number of carbonyl (C=O) groups excluding carboxylic acids is 3. The molecule has 0 saturated carbocycles. The molecule has 0 radical (unpaired) electrons. The van der Waals surface area contributed by atoms with E-state index >= 15 is 0 Å². The molecule has 4 aromatic carbocycles. The van der Waals surface area contributed by atoms with Crippen molar-refractivity contribution >= 4 is 50.5 Å². The Morgan fingerprint density at radius 1 is 0.804 bits per heavy atom. The zero-order valence-corrected chi connectivity index (χ0v) is 25.5. The van der Waals surface area contributed by atoms with Crippen LogP contribution in [0.4, 0.5) is 0 Å². The van der Waals surface area contributed by atoms with Gasteiger partial charge in [-0.3, -0.25) is 4.79 Å². The largest absolute Gasteiger partial charge is 0.452 e. The summed E-state index contributed by atoms with van der Waals surface area (Å²) in [6.07, 6.45) is 1.33. The molecule has 0 aliphatic carbocycles. The number of hydrogen-bond acceptors (Lipinski definition) is 7. The lowest BCUT2D eigenvalue weighted by molar-refractivity contribution is -0.762. The van der Waals surface area contributed by atoms with Gasteiger partial charge in [0.2, 0.25) is 6.10 Å². The van der Waals surface area contributed by atoms with E-state index in [1.165, 1.54) is 6.92 Å². The van der Waals surface area contributed by atoms with Gasteiger partial charge in [0, 0.05) is 34.7 Å². The third-order valence-electron chi connectivity index (χ3n) is 8.46. The van der Waals surface area contributed by atoms with Crippen molar-refractivity contribution in [2.45, 2.75) is 39.2 Å². The molecule has 2 aromatic heterocycles. The van der Waals surface area contributed by atoms with Crippen molar-refractivity contribution in [1.82, 2.24) is 4.98 Å². The number of ether oxygens (including phenoxy) is 4. The van der Waals surface area contributed by atoms with Gasteiger partial charge < -0.3 is 23.9 Å². The molecule has 6 aromatic rings. The average molecular weight is 616 g/mol. The molecule has 46 heavy (non-hydrogen) atoms. The quantitative estimate of drug-likeness (QED) is 0.133. The lowest BCUT2D eigenvalue weighted by Crippen LogP contribution is -2.48. The zero-order valence-electron chi connectivity index (χ0n) is 25.5. The number of aromatic amines is 1. The Labute approximate surface area is 264 Å². The van der Waals surface area contributed by atoms with Crippen LogP contribution in [-0.4, -0.2) is 41.7 Å². The standard InChI is InChI=1S/C37H30N2O7/c1-21-29-19-39(17-16-27(29)22(2)33-32(21)28-18-26(44-23(3)40)14-15-30(28)38-33)35-34(46-37(42)25-12-8-5-9-13-25)31(20-43-35)45-36(41)24-10-6-4-7-11-24/h4-19,31,34-35H,20H2,1-3H3/p+1/t31-,34-,35-/m1/s1. The molecule has 1 fully saturated rings. The van der Waals surface area contributed by atoms with Crippen molar-refractivity contribution in [1.29, 1.82) is 0 Å². The minimum absolute atomic E-state index is 0.0411. The second kappa shape index (κ2) is 11.8. The molecule has 0 amide bonds. The van der Waals surface area contributed by atoms with Crippen molar-refractivity contribution < 1.29 is 37.9 Å². The van der Waals surface area contributed by atoms with Crippen molar-refractivity contribution in [2.75, 3.05) is 6.61 Å². The van der Waals surface area contributed by atoms with Gasteiger partial charge in [-0.25, -0.2) is 9.59 Å². The Morgan fingerprint density at radius 3 is 2.15 bits per heavy atom. The smallest absolute Gasteiger partial charge is 0.338 e. The van der Waals surface area contributed by atoms with E-state index in [4.69, 9.17) is 18.9 Å². The number of fused-ring (bicyclic) bond motifs is 4. The van der Waals surface area contributed by atoms with E-state index in [2.05, 4.69) is 11.9 Å². The first-order valence-corrected chi connectivity index (χ1v) is 15.0. The van der Waals surface area contributed by atoms with Crippen LogP contribution in [0.5, 0.6) is 5.75 Å². The molecule has 9 heteroatoms. The molecule has 7 rings (SSSR count). The SMILES string of the molecule is CC(=O)Oc1ccc2[nH]c3c(C)c4cc[n+]([C@@H]5OC[C@@H](OC(=O)c6ccccc6)[C@H]5OC(=O)c5ccccc5)cc4c(C)c3c2c1. The maximum atomic E-state index is 13.3. The number of H-pyrrole nitrogens is 1. The number of carbonyl (C=O) groups is 3. The molecule has 3 atom stereocenters. The Kier molecular flexibility index (Phi) is 7.46. The minimum Gasteiger partial charge on any atom is -0.452 e. The van der Waals surface area contributed by atoms with Gasteiger partial charge in [-0.05, 0) is 72.8 Å². The number of nitrogens with one attached hydrogen (secondary N) is 1. The summed E-state index contributed by atoms with van der Waals surface area (Å²) in [7, 11) is 0. The molecule has 0 spiro atoms. The number of aryl methyl sites for hydroxylation is 2. The Balaban J connectivity index is 1.29. The first-order valence-electron chi connectivity index (χ1n) is 15.0. The third kappa shape index (κ3) is 5.24. The highest BCUT2D eigenvalue weighted by atomic mass is 16.6. The highest BCUT2D eigenvalue weighted by molar-refractivity contribution is 6.16. The Bertz CT molecular complexity index is 2140. The van der Waals surface area contributed by atoms with E-state index < -0.39 is 30.4 Å². The van der Waals surface area contributed by atoms with Gasteiger partial charge in [-0.2, -0.15) is 4.57 Å². The zero-order chi connectivity index (χ0) is 31.9. The first kappa shape index (κ1) is 29.2. The number of benzene rings is 4. The molecule has 0 unspecified atom stereocenters. The predicted molar refractivity (Wildman–Crippen MR) is 171 cm³/mol. The normalized spacial score (nSPS) is 17.8. The van der Waals surface area contributed by atoms with Gasteiger partial charge in [0.25, 0.3) is 0 Å². The first-order chi connectivity index (χ1) is 22.3. The van der Waals surface area contributed by atoms with Crippen LogP contribution in [0.2, 0.25) is 0 Å². The van der Waals surface area contributed by atoms with Gasteiger partial charge in [-0.1, -0.05) is 36.4 Å². The number of esters is 3. The van der Waals surface area contributed by atoms with Crippen molar-refractivity contribution in [3.05, 3.63) is 120 Å². The van der Waals surface area contributed by atoms with Crippen molar-refractivity contribution in [2.24, 2.45) is 0 Å². The molecule has 9 nitrogen and oxygen atoms in total. The van der Waals surface area contributed by atoms with E-state index in [1.807, 2.05) is 54.2 Å². The third-order valence-corrected chi connectivity index (χ3v) is 8.46. The van der Waals surface area contributed by atoms with Crippen LogP contribution < -0.4 is 9.30 Å². The van der Waals surface area contributed by atoms with Crippen LogP contribution in [0.15, 0.2) is 97.3 Å². The summed E-state index contributed by atoms with van der Waals surface area (Å²) in [6, 6.07) is 24.9. The highest BCUT2D eigenvalue weighted by Crippen LogP contribution is 2.38. The van der Waals surface area contributed by atoms with Crippen LogP contribution >= 0.6 is 0 Å². The summed E-state index contributed by atoms with van der Waals surface area (Å²) in [5.74, 6) is -0.982. The van der Waals surface area contributed by atoms with Crippen molar-refractivity contribution in [3.63, 3.8) is 0 Å². The van der Waals surface area contributed by atoms with Gasteiger partial charge in [0.15, 0.2) is 18.5 Å². The van der Waals surface area contributed by atoms with E-state index in [0.29, 0.717) is 16.9 Å². The van der Waals surface area contributed by atoms with Gasteiger partial charge in [0.1, 0.15) is 5.75 Å². The van der Waals surface area contributed by atoms with Crippen LogP contribution in [0, 0.1) is 13.8 Å². The summed E-state index contributed by atoms with van der Waals surface area (Å²) >= 11 is 0. The van der Waals surface area contributed by atoms with E-state index in [9.17, 15) is 14.4 Å². The van der Waals surface area contributed by atoms with Crippen LogP contribution in [0.3, 0.4) is 0 Å². The fourth-order valence-corrected chi connectivity index (χ4v) is 6.24. The summed E-state index contributed by atoms with van der Waals surface area (Å²) in [4.78, 5) is 41.5. The summed E-state index contributed by atoms with van der Waals surface area (Å²) in [6.45, 7) is 5.53. The molecule has 1 aliphatic heterocycles. The number of pyridine rings is 1. The van der Waals surface area contributed by atoms with Crippen LogP contribution in [0.1, 0.15) is 45.0 Å². The molecule has 1 aliphatic rings. The van der Waals surface area contributed by atoms with Gasteiger partial charge >= 0.3 is 24.1 Å². The van der Waals surface area contributed by atoms with E-state index in [0.717, 1.165) is 43.7 Å². The summed E-state index contributed by atoms with van der Waals surface area (Å²) in [5.41, 5.74) is 4.77. The Hall–Kier alpha value is -5.54. The molecule has 230 valence electrons. The van der Waals surface area contributed by atoms with Crippen molar-refractivity contribution in [3.8, 4) is 5.75 Å². The van der Waals surface area contributed by atoms with Gasteiger partial charge in [0.05, 0.1) is 23.3 Å². The second-order valence-electron chi connectivity index (χ2n) is 11.4. The highest BCUT2D eigenvalue weighted by Gasteiger charge is 2.49. The molecule has 1 N–H and O–H groups in total. The maximum Gasteiger partial charge on any atom is 0.338 e. The molecular formula is C37H31N2O7+. The van der Waals surface area contributed by atoms with E-state index in [1.54, 1.807) is 54.6 Å². The fourth-order valence-electron chi connectivity index (χ4n) is 6.24. The minimum atomic E-state index is -0.924. The number of rotatable bonds is 6. The fraction of sp³-hybridized carbons (Fsp3) is 0.189. The topological polar surface area (TPSA) is 108 Å². The van der Waals surface area contributed by atoms with E-state index in [-0.39, 0.29) is 12.6 Å². The number of aromatic nitrogens is 2.